The molecule has 1 N–H and O–H groups in total. The summed E-state index contributed by atoms with van der Waals surface area (Å²) in [5, 5.41) is 3.60. The van der Waals surface area contributed by atoms with E-state index in [4.69, 9.17) is 16.3 Å². The number of rotatable bonds is 5. The van der Waals surface area contributed by atoms with Crippen LogP contribution in [0.3, 0.4) is 0 Å². The van der Waals surface area contributed by atoms with E-state index in [0.717, 1.165) is 11.1 Å². The third-order valence-corrected chi connectivity index (χ3v) is 5.34. The van der Waals surface area contributed by atoms with E-state index in [1.807, 2.05) is 56.3 Å². The van der Waals surface area contributed by atoms with Crippen LogP contribution in [0.15, 0.2) is 72.4 Å². The molecule has 0 fully saturated rings. The first-order valence-electron chi connectivity index (χ1n) is 9.76. The summed E-state index contributed by atoms with van der Waals surface area (Å²) < 4.78 is 5.40. The highest BCUT2D eigenvalue weighted by Gasteiger charge is 2.40. The molecule has 6 heteroatoms. The number of aryl methyl sites for hydroxylation is 2. The normalized spacial score (nSPS) is 13.7. The van der Waals surface area contributed by atoms with Crippen molar-refractivity contribution in [2.45, 2.75) is 13.8 Å². The van der Waals surface area contributed by atoms with Crippen molar-refractivity contribution in [3.8, 4) is 5.75 Å². The van der Waals surface area contributed by atoms with Crippen molar-refractivity contribution in [3.05, 3.63) is 94.1 Å². The van der Waals surface area contributed by atoms with Crippen LogP contribution in [-0.2, 0) is 9.59 Å². The molecule has 0 saturated heterocycles. The number of nitrogens with zero attached hydrogens (tertiary/aromatic N) is 1. The molecule has 0 aliphatic carbocycles. The summed E-state index contributed by atoms with van der Waals surface area (Å²) in [5.41, 5.74) is 4.17. The van der Waals surface area contributed by atoms with Gasteiger partial charge in [-0.15, -0.1) is 0 Å². The SMILES string of the molecule is COc1ccc(Cl)cc1NC1=C(c2ccc(C)cc2)C(=O)N(c2cccc(C)c2)C1=O. The first kappa shape index (κ1) is 20.7. The summed E-state index contributed by atoms with van der Waals surface area (Å²) >= 11 is 6.16. The van der Waals surface area contributed by atoms with Gasteiger partial charge in [-0.05, 0) is 55.3 Å². The average Bonchev–Trinajstić information content (AvgIpc) is 2.98. The fourth-order valence-corrected chi connectivity index (χ4v) is 3.72. The standard InChI is InChI=1S/C25H21ClN2O3/c1-15-7-9-17(10-8-15)22-23(27-20-14-18(26)11-12-21(20)31-3)25(30)28(24(22)29)19-6-4-5-16(2)13-19/h4-14,27H,1-3H3. The van der Waals surface area contributed by atoms with Crippen molar-refractivity contribution in [2.75, 3.05) is 17.3 Å². The number of nitrogens with one attached hydrogen (secondary N) is 1. The number of methoxy groups -OCH3 is 1. The molecule has 156 valence electrons. The molecule has 0 unspecified atom stereocenters. The van der Waals surface area contributed by atoms with Gasteiger partial charge in [0.15, 0.2) is 0 Å². The number of carbonyl (C=O) groups excluding carboxylic acids is 2. The quantitative estimate of drug-likeness (QED) is 0.551. The maximum absolute atomic E-state index is 13.5. The van der Waals surface area contributed by atoms with Crippen molar-refractivity contribution in [3.63, 3.8) is 0 Å². The van der Waals surface area contributed by atoms with E-state index < -0.39 is 5.91 Å². The minimum Gasteiger partial charge on any atom is -0.495 e. The lowest BCUT2D eigenvalue weighted by atomic mass is 10.0. The molecule has 1 heterocycles. The summed E-state index contributed by atoms with van der Waals surface area (Å²) in [5.74, 6) is -0.314. The Hall–Kier alpha value is -3.57. The van der Waals surface area contributed by atoms with Crippen LogP contribution < -0.4 is 15.0 Å². The highest BCUT2D eigenvalue weighted by molar-refractivity contribution is 6.46. The van der Waals surface area contributed by atoms with Gasteiger partial charge in [0.25, 0.3) is 11.8 Å². The Morgan fingerprint density at radius 2 is 1.61 bits per heavy atom. The van der Waals surface area contributed by atoms with Gasteiger partial charge in [0.2, 0.25) is 0 Å². The van der Waals surface area contributed by atoms with Gasteiger partial charge in [0.1, 0.15) is 11.4 Å². The fraction of sp³-hybridized carbons (Fsp3) is 0.120. The van der Waals surface area contributed by atoms with E-state index in [2.05, 4.69) is 5.32 Å². The molecular weight excluding hydrogens is 412 g/mol. The number of hydrogen-bond donors (Lipinski definition) is 1. The highest BCUT2D eigenvalue weighted by atomic mass is 35.5. The molecule has 0 aromatic heterocycles. The maximum atomic E-state index is 13.5. The molecule has 0 bridgehead atoms. The zero-order chi connectivity index (χ0) is 22.1. The summed E-state index contributed by atoms with van der Waals surface area (Å²) in [6, 6.07) is 19.9. The zero-order valence-corrected chi connectivity index (χ0v) is 18.2. The average molecular weight is 433 g/mol. The van der Waals surface area contributed by atoms with Crippen LogP contribution in [0.25, 0.3) is 5.57 Å². The minimum absolute atomic E-state index is 0.177. The number of benzene rings is 3. The lowest BCUT2D eigenvalue weighted by molar-refractivity contribution is -0.120. The summed E-state index contributed by atoms with van der Waals surface area (Å²) in [6.45, 7) is 3.88. The Labute approximate surface area is 185 Å². The first-order valence-corrected chi connectivity index (χ1v) is 10.1. The lowest BCUT2D eigenvalue weighted by Gasteiger charge is -2.16. The van der Waals surface area contributed by atoms with Crippen LogP contribution in [0, 0.1) is 13.8 Å². The van der Waals surface area contributed by atoms with E-state index in [1.165, 1.54) is 12.0 Å². The molecule has 4 rings (SSSR count). The van der Waals surface area contributed by atoms with E-state index in [9.17, 15) is 9.59 Å². The first-order chi connectivity index (χ1) is 14.9. The molecule has 0 radical (unpaired) electrons. The number of imide groups is 1. The zero-order valence-electron chi connectivity index (χ0n) is 17.4. The largest absolute Gasteiger partial charge is 0.495 e. The van der Waals surface area contributed by atoms with Crippen LogP contribution >= 0.6 is 11.6 Å². The Bertz CT molecular complexity index is 1220. The van der Waals surface area contributed by atoms with Gasteiger partial charge < -0.3 is 10.1 Å². The number of hydrogen-bond acceptors (Lipinski definition) is 4. The third-order valence-electron chi connectivity index (χ3n) is 5.11. The summed E-state index contributed by atoms with van der Waals surface area (Å²) in [6.07, 6.45) is 0. The Morgan fingerprint density at radius 3 is 2.29 bits per heavy atom. The number of carbonyl (C=O) groups is 2. The molecule has 1 aliphatic rings. The van der Waals surface area contributed by atoms with Gasteiger partial charge in [-0.25, -0.2) is 4.90 Å². The molecule has 0 atom stereocenters. The topological polar surface area (TPSA) is 58.6 Å². The smallest absolute Gasteiger partial charge is 0.282 e. The molecule has 5 nitrogen and oxygen atoms in total. The predicted molar refractivity (Wildman–Crippen MR) is 123 cm³/mol. The summed E-state index contributed by atoms with van der Waals surface area (Å²) in [7, 11) is 1.53. The van der Waals surface area contributed by atoms with Crippen LogP contribution in [0.5, 0.6) is 5.75 Å². The molecule has 0 spiro atoms. The fourth-order valence-electron chi connectivity index (χ4n) is 3.55. The van der Waals surface area contributed by atoms with Gasteiger partial charge in [0, 0.05) is 5.02 Å². The van der Waals surface area contributed by atoms with E-state index in [0.29, 0.717) is 33.3 Å². The second-order valence-corrected chi connectivity index (χ2v) is 7.81. The summed E-state index contributed by atoms with van der Waals surface area (Å²) in [4.78, 5) is 28.2. The number of amides is 2. The van der Waals surface area contributed by atoms with Crippen molar-refractivity contribution < 1.29 is 14.3 Å². The van der Waals surface area contributed by atoms with Crippen LogP contribution in [0.2, 0.25) is 5.02 Å². The monoisotopic (exact) mass is 432 g/mol. The highest BCUT2D eigenvalue weighted by Crippen LogP contribution is 2.36. The third kappa shape index (κ3) is 3.92. The Balaban J connectivity index is 1.86. The van der Waals surface area contributed by atoms with Gasteiger partial charge >= 0.3 is 0 Å². The van der Waals surface area contributed by atoms with Gasteiger partial charge in [-0.2, -0.15) is 0 Å². The van der Waals surface area contributed by atoms with Crippen LogP contribution in [0.1, 0.15) is 16.7 Å². The van der Waals surface area contributed by atoms with Crippen molar-refractivity contribution in [1.82, 2.24) is 0 Å². The van der Waals surface area contributed by atoms with Crippen LogP contribution in [0.4, 0.5) is 11.4 Å². The molecule has 1 aliphatic heterocycles. The molecular formula is C25H21ClN2O3. The number of ether oxygens (including phenoxy) is 1. The van der Waals surface area contributed by atoms with E-state index >= 15 is 0 Å². The molecule has 3 aromatic rings. The number of anilines is 2. The lowest BCUT2D eigenvalue weighted by Crippen LogP contribution is -2.32. The van der Waals surface area contributed by atoms with E-state index in [-0.39, 0.29) is 11.6 Å². The predicted octanol–water partition coefficient (Wildman–Crippen LogP) is 5.36. The van der Waals surface area contributed by atoms with E-state index in [1.54, 1.807) is 24.3 Å². The molecule has 3 aromatic carbocycles. The molecule has 2 amide bonds. The maximum Gasteiger partial charge on any atom is 0.282 e. The second kappa shape index (κ2) is 8.28. The van der Waals surface area contributed by atoms with Gasteiger partial charge in [0.05, 0.1) is 24.1 Å². The van der Waals surface area contributed by atoms with Crippen molar-refractivity contribution >= 4 is 40.4 Å². The Morgan fingerprint density at radius 1 is 0.871 bits per heavy atom. The second-order valence-electron chi connectivity index (χ2n) is 7.37. The minimum atomic E-state index is -0.437. The van der Waals surface area contributed by atoms with Crippen molar-refractivity contribution in [1.29, 1.82) is 0 Å². The molecule has 31 heavy (non-hydrogen) atoms. The van der Waals surface area contributed by atoms with Crippen LogP contribution in [-0.4, -0.2) is 18.9 Å². The number of halogens is 1. The van der Waals surface area contributed by atoms with Crippen molar-refractivity contribution in [2.24, 2.45) is 0 Å². The van der Waals surface area contributed by atoms with Gasteiger partial charge in [-0.1, -0.05) is 53.6 Å². The Kier molecular flexibility index (Phi) is 5.53. The molecule has 0 saturated carbocycles. The van der Waals surface area contributed by atoms with Gasteiger partial charge in [-0.3, -0.25) is 9.59 Å².